The van der Waals surface area contributed by atoms with Gasteiger partial charge in [0, 0.05) is 25.4 Å². The Balaban J connectivity index is 1.52. The summed E-state index contributed by atoms with van der Waals surface area (Å²) in [6.45, 7) is 1.54. The maximum absolute atomic E-state index is 12.6. The second-order valence-corrected chi connectivity index (χ2v) is 6.57. The summed E-state index contributed by atoms with van der Waals surface area (Å²) in [6.07, 6.45) is 6.94. The number of hydrogen-bond donors (Lipinski definition) is 1. The predicted molar refractivity (Wildman–Crippen MR) is 70.5 cm³/mol. The van der Waals surface area contributed by atoms with Gasteiger partial charge in [0.1, 0.15) is 0 Å². The van der Waals surface area contributed by atoms with E-state index in [4.69, 9.17) is 5.11 Å². The van der Waals surface area contributed by atoms with Gasteiger partial charge in [-0.05, 0) is 56.3 Å². The fraction of sp³-hybridized carbons (Fsp3) is 0.867. The highest BCUT2D eigenvalue weighted by Gasteiger charge is 2.47. The van der Waals surface area contributed by atoms with E-state index in [-0.39, 0.29) is 12.3 Å². The molecule has 4 nitrogen and oxygen atoms in total. The molecule has 1 amide bonds. The summed E-state index contributed by atoms with van der Waals surface area (Å²) in [4.78, 5) is 25.3. The van der Waals surface area contributed by atoms with E-state index in [1.807, 2.05) is 4.90 Å². The van der Waals surface area contributed by atoms with E-state index in [0.717, 1.165) is 25.9 Å². The Morgan fingerprint density at radius 1 is 1.00 bits per heavy atom. The van der Waals surface area contributed by atoms with Gasteiger partial charge in [0.2, 0.25) is 5.91 Å². The summed E-state index contributed by atoms with van der Waals surface area (Å²) >= 11 is 0. The third-order valence-electron chi connectivity index (χ3n) is 4.93. The normalized spacial score (nSPS) is 24.8. The zero-order valence-corrected chi connectivity index (χ0v) is 11.4. The second kappa shape index (κ2) is 5.14. The number of aliphatic carboxylic acids is 1. The van der Waals surface area contributed by atoms with Crippen molar-refractivity contribution in [2.75, 3.05) is 13.1 Å². The smallest absolute Gasteiger partial charge is 0.303 e. The van der Waals surface area contributed by atoms with Crippen molar-refractivity contribution in [3.05, 3.63) is 0 Å². The van der Waals surface area contributed by atoms with E-state index in [9.17, 15) is 9.59 Å². The zero-order chi connectivity index (χ0) is 13.4. The van der Waals surface area contributed by atoms with Crippen molar-refractivity contribution in [3.63, 3.8) is 0 Å². The number of rotatable bonds is 5. The van der Waals surface area contributed by atoms with Crippen molar-refractivity contribution in [1.82, 2.24) is 4.90 Å². The number of hydrogen-bond acceptors (Lipinski definition) is 2. The minimum Gasteiger partial charge on any atom is -0.481 e. The van der Waals surface area contributed by atoms with Crippen LogP contribution in [0.3, 0.4) is 0 Å². The van der Waals surface area contributed by atoms with E-state index < -0.39 is 5.97 Å². The average molecular weight is 265 g/mol. The maximum Gasteiger partial charge on any atom is 0.303 e. The van der Waals surface area contributed by atoms with Gasteiger partial charge in [-0.2, -0.15) is 0 Å². The lowest BCUT2D eigenvalue weighted by atomic mass is 9.91. The van der Waals surface area contributed by atoms with E-state index >= 15 is 0 Å². The third kappa shape index (κ3) is 3.10. The van der Waals surface area contributed by atoms with Crippen LogP contribution in [0.2, 0.25) is 0 Å². The molecule has 0 aromatic heterocycles. The highest BCUT2D eigenvalue weighted by Crippen LogP contribution is 2.50. The highest BCUT2D eigenvalue weighted by atomic mass is 16.4. The van der Waals surface area contributed by atoms with Gasteiger partial charge in [-0.1, -0.05) is 0 Å². The topological polar surface area (TPSA) is 57.6 Å². The molecule has 106 valence electrons. The van der Waals surface area contributed by atoms with Crippen molar-refractivity contribution >= 4 is 11.9 Å². The van der Waals surface area contributed by atoms with Crippen LogP contribution in [-0.4, -0.2) is 35.0 Å². The summed E-state index contributed by atoms with van der Waals surface area (Å²) < 4.78 is 0. The minimum absolute atomic E-state index is 0.261. The molecule has 19 heavy (non-hydrogen) atoms. The number of carboxylic acids is 1. The molecular formula is C15H23NO3. The van der Waals surface area contributed by atoms with Gasteiger partial charge in [0.25, 0.3) is 0 Å². The van der Waals surface area contributed by atoms with Crippen molar-refractivity contribution in [3.8, 4) is 0 Å². The lowest BCUT2D eigenvalue weighted by Crippen LogP contribution is -2.43. The molecule has 3 aliphatic rings. The van der Waals surface area contributed by atoms with Crippen LogP contribution in [0.4, 0.5) is 0 Å². The first-order valence-corrected chi connectivity index (χ1v) is 7.65. The summed E-state index contributed by atoms with van der Waals surface area (Å²) in [6, 6.07) is 0. The Labute approximate surface area is 114 Å². The Hall–Kier alpha value is -1.06. The van der Waals surface area contributed by atoms with Crippen molar-refractivity contribution in [2.24, 2.45) is 23.7 Å². The quantitative estimate of drug-likeness (QED) is 0.828. The fourth-order valence-corrected chi connectivity index (χ4v) is 3.51. The molecule has 0 bridgehead atoms. The largest absolute Gasteiger partial charge is 0.481 e. The summed E-state index contributed by atoms with van der Waals surface area (Å²) in [5.41, 5.74) is 0. The van der Waals surface area contributed by atoms with E-state index in [2.05, 4.69) is 0 Å². The molecule has 2 saturated carbocycles. The number of carbonyl (C=O) groups is 2. The van der Waals surface area contributed by atoms with E-state index in [1.54, 1.807) is 0 Å². The summed E-state index contributed by atoms with van der Waals surface area (Å²) in [5, 5.41) is 8.81. The molecule has 0 aromatic carbocycles. The van der Waals surface area contributed by atoms with Gasteiger partial charge in [-0.25, -0.2) is 0 Å². The first-order chi connectivity index (χ1) is 9.15. The second-order valence-electron chi connectivity index (χ2n) is 6.57. The number of amides is 1. The third-order valence-corrected chi connectivity index (χ3v) is 4.93. The summed E-state index contributed by atoms with van der Waals surface area (Å²) in [5.74, 6) is 1.56. The van der Waals surface area contributed by atoms with Crippen molar-refractivity contribution in [1.29, 1.82) is 0 Å². The molecule has 0 aromatic rings. The van der Waals surface area contributed by atoms with Crippen LogP contribution in [-0.2, 0) is 9.59 Å². The van der Waals surface area contributed by atoms with Gasteiger partial charge >= 0.3 is 5.97 Å². The molecule has 3 fully saturated rings. The highest BCUT2D eigenvalue weighted by molar-refractivity contribution is 5.80. The number of carboxylic acid groups (broad SMARTS) is 1. The van der Waals surface area contributed by atoms with Gasteiger partial charge in [0.05, 0.1) is 0 Å². The monoisotopic (exact) mass is 265 g/mol. The summed E-state index contributed by atoms with van der Waals surface area (Å²) in [7, 11) is 0. The zero-order valence-electron chi connectivity index (χ0n) is 11.4. The molecule has 1 saturated heterocycles. The van der Waals surface area contributed by atoms with Gasteiger partial charge in [-0.15, -0.1) is 0 Å². The Kier molecular flexibility index (Phi) is 3.50. The first-order valence-electron chi connectivity index (χ1n) is 7.65. The molecule has 0 atom stereocenters. The molecule has 0 radical (unpaired) electrons. The van der Waals surface area contributed by atoms with Gasteiger partial charge in [0.15, 0.2) is 0 Å². The Morgan fingerprint density at radius 2 is 1.53 bits per heavy atom. The molecule has 1 heterocycles. The van der Waals surface area contributed by atoms with Crippen molar-refractivity contribution in [2.45, 2.75) is 44.9 Å². The molecule has 1 aliphatic heterocycles. The predicted octanol–water partition coefficient (Wildman–Crippen LogP) is 2.14. The number of nitrogens with zero attached hydrogens (tertiary/aromatic N) is 1. The number of likely N-dealkylation sites (tertiary alicyclic amines) is 1. The average Bonchev–Trinajstić information content (AvgIpc) is 3.24. The Morgan fingerprint density at radius 3 is 1.95 bits per heavy atom. The first kappa shape index (κ1) is 12.9. The van der Waals surface area contributed by atoms with E-state index in [0.29, 0.717) is 23.7 Å². The van der Waals surface area contributed by atoms with Crippen molar-refractivity contribution < 1.29 is 14.7 Å². The lowest BCUT2D eigenvalue weighted by Gasteiger charge is -2.34. The maximum atomic E-state index is 12.6. The molecule has 3 rings (SSSR count). The van der Waals surface area contributed by atoms with E-state index in [1.165, 1.54) is 25.7 Å². The van der Waals surface area contributed by atoms with Gasteiger partial charge < -0.3 is 10.0 Å². The molecule has 1 N–H and O–H groups in total. The SMILES string of the molecule is O=C(O)CC1CCN(C(=O)C(C2CC2)C2CC2)CC1. The van der Waals surface area contributed by atoms with Crippen LogP contribution in [0.25, 0.3) is 0 Å². The molecule has 0 spiro atoms. The standard InChI is InChI=1S/C15H23NO3/c17-13(18)9-10-5-7-16(8-6-10)15(19)14(11-1-2-11)12-3-4-12/h10-12,14H,1-9H2,(H,17,18). The van der Waals surface area contributed by atoms with Crippen LogP contribution in [0.15, 0.2) is 0 Å². The van der Waals surface area contributed by atoms with Crippen LogP contribution in [0.1, 0.15) is 44.9 Å². The number of carbonyl (C=O) groups excluding carboxylic acids is 1. The molecule has 4 heteroatoms. The molecule has 0 unspecified atom stereocenters. The lowest BCUT2D eigenvalue weighted by molar-refractivity contribution is -0.140. The number of piperidine rings is 1. The van der Waals surface area contributed by atoms with Crippen LogP contribution in [0, 0.1) is 23.7 Å². The fourth-order valence-electron chi connectivity index (χ4n) is 3.51. The molecule has 2 aliphatic carbocycles. The van der Waals surface area contributed by atoms with Crippen LogP contribution in [0.5, 0.6) is 0 Å². The molecular weight excluding hydrogens is 242 g/mol. The van der Waals surface area contributed by atoms with Gasteiger partial charge in [-0.3, -0.25) is 9.59 Å². The Bertz CT molecular complexity index is 354. The van der Waals surface area contributed by atoms with Crippen LogP contribution >= 0.6 is 0 Å². The van der Waals surface area contributed by atoms with Crippen LogP contribution < -0.4 is 0 Å². The minimum atomic E-state index is -0.710.